The topological polar surface area (TPSA) is 74.2 Å². The number of halogens is 2. The molecule has 3 aromatic carbocycles. The minimum absolute atomic E-state index is 0.0234. The van der Waals surface area contributed by atoms with Crippen LogP contribution in [0.3, 0.4) is 0 Å². The van der Waals surface area contributed by atoms with E-state index in [1.54, 1.807) is 61.5 Å². The first kappa shape index (κ1) is 21.9. The van der Waals surface area contributed by atoms with Crippen molar-refractivity contribution in [3.05, 3.63) is 99.9 Å². The smallest absolute Gasteiger partial charge is 0.335 e. The summed E-state index contributed by atoms with van der Waals surface area (Å²) in [4.78, 5) is 11.0. The minimum Gasteiger partial charge on any atom is -0.485 e. The average molecular weight is 473 g/mol. The Balaban J connectivity index is 1.54. The van der Waals surface area contributed by atoms with E-state index in [2.05, 4.69) is 0 Å². The Labute approximate surface area is 194 Å². The van der Waals surface area contributed by atoms with Crippen LogP contribution in [0.5, 0.6) is 17.2 Å². The molecule has 0 saturated heterocycles. The largest absolute Gasteiger partial charge is 0.485 e. The fraction of sp³-hybridized carbons (Fsp3) is 0.125. The summed E-state index contributed by atoms with van der Waals surface area (Å²) in [6.45, 7) is 1.74. The summed E-state index contributed by atoms with van der Waals surface area (Å²) in [5, 5.41) is 10.0. The summed E-state index contributed by atoms with van der Waals surface area (Å²) in [6, 6.07) is 18.2. The second-order valence-corrected chi connectivity index (χ2v) is 7.86. The van der Waals surface area contributed by atoms with Crippen LogP contribution in [0.4, 0.5) is 0 Å². The lowest BCUT2D eigenvalue weighted by molar-refractivity contribution is -0.177. The van der Waals surface area contributed by atoms with Crippen molar-refractivity contribution in [2.24, 2.45) is 0 Å². The maximum atomic E-state index is 11.0. The van der Waals surface area contributed by atoms with Crippen molar-refractivity contribution in [3.63, 3.8) is 0 Å². The maximum absolute atomic E-state index is 11.0. The quantitative estimate of drug-likeness (QED) is 0.416. The Bertz CT molecular complexity index is 1160. The van der Waals surface area contributed by atoms with Gasteiger partial charge in [-0.25, -0.2) is 4.79 Å². The molecule has 0 radical (unpaired) electrons. The lowest BCUT2D eigenvalue weighted by Crippen LogP contribution is -2.35. The fourth-order valence-electron chi connectivity index (χ4n) is 3.13. The molecule has 0 bridgehead atoms. The van der Waals surface area contributed by atoms with Crippen molar-refractivity contribution in [2.45, 2.75) is 12.7 Å². The number of carboxylic acids is 1. The maximum Gasteiger partial charge on any atom is 0.335 e. The van der Waals surface area contributed by atoms with Gasteiger partial charge in [0.2, 0.25) is 0 Å². The number of carboxylic acid groups (broad SMARTS) is 1. The summed E-state index contributed by atoms with van der Waals surface area (Å²) >= 11 is 12.5. The molecule has 1 aliphatic rings. The fourth-order valence-corrected chi connectivity index (χ4v) is 3.57. The zero-order valence-electron chi connectivity index (χ0n) is 16.9. The predicted molar refractivity (Wildman–Crippen MR) is 119 cm³/mol. The molecule has 0 fully saturated rings. The van der Waals surface area contributed by atoms with Crippen molar-refractivity contribution in [1.29, 1.82) is 0 Å². The Hall–Kier alpha value is -3.35. The molecular formula is C24H18Cl2O6. The first-order chi connectivity index (χ1) is 15.3. The van der Waals surface area contributed by atoms with E-state index >= 15 is 0 Å². The van der Waals surface area contributed by atoms with Crippen LogP contribution in [-0.2, 0) is 15.3 Å². The van der Waals surface area contributed by atoms with E-state index in [4.69, 9.17) is 47.3 Å². The van der Waals surface area contributed by atoms with E-state index in [-0.39, 0.29) is 12.2 Å². The van der Waals surface area contributed by atoms with E-state index in [9.17, 15) is 4.79 Å². The Morgan fingerprint density at radius 1 is 0.969 bits per heavy atom. The van der Waals surface area contributed by atoms with Gasteiger partial charge in [0.1, 0.15) is 29.3 Å². The van der Waals surface area contributed by atoms with E-state index in [1.165, 1.54) is 18.4 Å². The molecule has 32 heavy (non-hydrogen) atoms. The van der Waals surface area contributed by atoms with Gasteiger partial charge in [0.05, 0.1) is 16.1 Å². The molecule has 8 heteroatoms. The molecule has 1 heterocycles. The number of aromatic carboxylic acids is 1. The predicted octanol–water partition coefficient (Wildman–Crippen LogP) is 6.62. The minimum atomic E-state index is -1.30. The van der Waals surface area contributed by atoms with Crippen molar-refractivity contribution in [1.82, 2.24) is 0 Å². The summed E-state index contributed by atoms with van der Waals surface area (Å²) < 4.78 is 23.5. The Morgan fingerprint density at radius 3 is 2.22 bits per heavy atom. The number of hydrogen-bond acceptors (Lipinski definition) is 5. The van der Waals surface area contributed by atoms with Gasteiger partial charge in [-0.05, 0) is 73.7 Å². The van der Waals surface area contributed by atoms with Gasteiger partial charge in [-0.3, -0.25) is 0 Å². The van der Waals surface area contributed by atoms with Crippen molar-refractivity contribution in [2.75, 3.05) is 6.61 Å². The van der Waals surface area contributed by atoms with Crippen molar-refractivity contribution in [3.8, 4) is 17.2 Å². The highest BCUT2D eigenvalue weighted by Crippen LogP contribution is 2.41. The van der Waals surface area contributed by atoms with E-state index in [0.717, 1.165) is 0 Å². The van der Waals surface area contributed by atoms with Crippen molar-refractivity contribution < 1.29 is 28.8 Å². The van der Waals surface area contributed by atoms with Crippen LogP contribution in [-0.4, -0.2) is 17.7 Å². The molecule has 164 valence electrons. The van der Waals surface area contributed by atoms with Crippen LogP contribution in [0.1, 0.15) is 22.8 Å². The standard InChI is InChI=1S/C24H18Cl2O6/c1-15-13-30-24(32-15,14-29-18-6-2-16(3-7-18)23(27)28)21-11-10-20(12-22(21)26)31-19-8-4-17(25)5-9-19/h2-13H,14H2,1H3,(H,27,28). The highest BCUT2D eigenvalue weighted by Gasteiger charge is 2.43. The first-order valence-corrected chi connectivity index (χ1v) is 10.3. The number of hydrogen-bond donors (Lipinski definition) is 1. The lowest BCUT2D eigenvalue weighted by Gasteiger charge is -2.29. The summed E-state index contributed by atoms with van der Waals surface area (Å²) in [7, 11) is 0. The van der Waals surface area contributed by atoms with Gasteiger partial charge in [-0.1, -0.05) is 23.2 Å². The molecule has 0 amide bonds. The molecule has 0 spiro atoms. The molecule has 1 aliphatic heterocycles. The van der Waals surface area contributed by atoms with Crippen LogP contribution in [0, 0.1) is 0 Å². The SMILES string of the molecule is CC1=COC(COc2ccc(C(=O)O)cc2)(c2ccc(Oc3ccc(Cl)cc3)cc2Cl)O1. The highest BCUT2D eigenvalue weighted by molar-refractivity contribution is 6.31. The van der Waals surface area contributed by atoms with Crippen LogP contribution < -0.4 is 9.47 Å². The number of carbonyl (C=O) groups is 1. The number of ether oxygens (including phenoxy) is 4. The summed E-state index contributed by atoms with van der Waals surface area (Å²) in [5.41, 5.74) is 0.718. The third kappa shape index (κ3) is 4.77. The zero-order valence-corrected chi connectivity index (χ0v) is 18.4. The zero-order chi connectivity index (χ0) is 22.7. The summed E-state index contributed by atoms with van der Waals surface area (Å²) in [6.07, 6.45) is 1.49. The molecule has 0 aliphatic carbocycles. The van der Waals surface area contributed by atoms with Crippen LogP contribution in [0.25, 0.3) is 0 Å². The van der Waals surface area contributed by atoms with Gasteiger partial charge in [-0.15, -0.1) is 0 Å². The number of rotatable bonds is 7. The number of allylic oxidation sites excluding steroid dienone is 1. The van der Waals surface area contributed by atoms with Crippen molar-refractivity contribution >= 4 is 29.2 Å². The third-order valence-corrected chi connectivity index (χ3v) is 5.24. The third-order valence-electron chi connectivity index (χ3n) is 4.67. The summed E-state index contributed by atoms with van der Waals surface area (Å²) in [5.74, 6) is -0.137. The molecule has 3 aromatic rings. The molecule has 1 unspecified atom stereocenters. The molecule has 0 saturated carbocycles. The normalized spacial score (nSPS) is 17.2. The van der Waals surface area contributed by atoms with Gasteiger partial charge >= 0.3 is 11.8 Å². The molecule has 1 N–H and O–H groups in total. The van der Waals surface area contributed by atoms with Crippen LogP contribution in [0.2, 0.25) is 10.0 Å². The van der Waals surface area contributed by atoms with Gasteiger partial charge < -0.3 is 24.1 Å². The molecule has 4 rings (SSSR count). The van der Waals surface area contributed by atoms with E-state index in [1.807, 2.05) is 0 Å². The highest BCUT2D eigenvalue weighted by atomic mass is 35.5. The van der Waals surface area contributed by atoms with Gasteiger partial charge in [0.25, 0.3) is 0 Å². The molecular weight excluding hydrogens is 455 g/mol. The second kappa shape index (κ2) is 9.02. The second-order valence-electron chi connectivity index (χ2n) is 7.02. The molecule has 0 aromatic heterocycles. The van der Waals surface area contributed by atoms with Gasteiger partial charge in [0.15, 0.2) is 6.61 Å². The monoisotopic (exact) mass is 472 g/mol. The van der Waals surface area contributed by atoms with Crippen LogP contribution >= 0.6 is 23.2 Å². The van der Waals surface area contributed by atoms with E-state index < -0.39 is 11.8 Å². The number of benzene rings is 3. The molecule has 1 atom stereocenters. The Morgan fingerprint density at radius 2 is 1.62 bits per heavy atom. The van der Waals surface area contributed by atoms with Gasteiger partial charge in [0, 0.05) is 5.02 Å². The Kier molecular flexibility index (Phi) is 6.17. The molecule has 6 nitrogen and oxygen atoms in total. The lowest BCUT2D eigenvalue weighted by atomic mass is 10.1. The average Bonchev–Trinajstić information content (AvgIpc) is 3.16. The van der Waals surface area contributed by atoms with E-state index in [0.29, 0.717) is 38.6 Å². The van der Waals surface area contributed by atoms with Crippen LogP contribution in [0.15, 0.2) is 78.8 Å². The first-order valence-electron chi connectivity index (χ1n) is 9.58. The van der Waals surface area contributed by atoms with Gasteiger partial charge in [-0.2, -0.15) is 0 Å².